The lowest BCUT2D eigenvalue weighted by Crippen LogP contribution is -2.54. The Balaban J connectivity index is 1.88. The Bertz CT molecular complexity index is 544. The van der Waals surface area contributed by atoms with E-state index in [2.05, 4.69) is 5.32 Å². The number of rotatable bonds is 3. The van der Waals surface area contributed by atoms with Crippen LogP contribution in [0.25, 0.3) is 0 Å². The maximum absolute atomic E-state index is 11.9. The minimum Gasteiger partial charge on any atom is -0.481 e. The number of carbonyl (C=O) groups excluding carboxylic acids is 1. The molecule has 1 fully saturated rings. The molecule has 2 amide bonds. The molecule has 1 aromatic carbocycles. The minimum atomic E-state index is -0.834. The number of urea groups is 1. The van der Waals surface area contributed by atoms with Crippen LogP contribution in [0.2, 0.25) is 10.0 Å². The summed E-state index contributed by atoms with van der Waals surface area (Å²) in [6.45, 7) is 2.54. The molecule has 2 rings (SSSR count). The fourth-order valence-electron chi connectivity index (χ4n) is 1.97. The maximum atomic E-state index is 11.9. The van der Waals surface area contributed by atoms with Gasteiger partial charge in [-0.15, -0.1) is 0 Å². The van der Waals surface area contributed by atoms with E-state index in [1.807, 2.05) is 0 Å². The van der Waals surface area contributed by atoms with Gasteiger partial charge in [-0.05, 0) is 18.2 Å². The molecule has 20 heavy (non-hydrogen) atoms. The highest BCUT2D eigenvalue weighted by atomic mass is 35.5. The van der Waals surface area contributed by atoms with Crippen molar-refractivity contribution in [1.29, 1.82) is 0 Å². The lowest BCUT2D eigenvalue weighted by molar-refractivity contribution is -0.144. The van der Waals surface area contributed by atoms with Crippen molar-refractivity contribution >= 4 is 40.9 Å². The molecule has 0 saturated carbocycles. The summed E-state index contributed by atoms with van der Waals surface area (Å²) in [5, 5.41) is 12.4. The van der Waals surface area contributed by atoms with Crippen LogP contribution in [0.3, 0.4) is 0 Å². The van der Waals surface area contributed by atoms with Gasteiger partial charge in [-0.2, -0.15) is 0 Å². The Labute approximate surface area is 126 Å². The first-order valence-electron chi connectivity index (χ1n) is 6.12. The van der Waals surface area contributed by atoms with E-state index in [0.29, 0.717) is 28.8 Å². The summed E-state index contributed by atoms with van der Waals surface area (Å²) in [6, 6.07) is 4.56. The molecular weight excluding hydrogens is 303 g/mol. The van der Waals surface area contributed by atoms with Crippen molar-refractivity contribution in [1.82, 2.24) is 4.90 Å². The van der Waals surface area contributed by atoms with Gasteiger partial charge in [0.2, 0.25) is 0 Å². The molecule has 1 saturated heterocycles. The molecule has 0 bridgehead atoms. The molecule has 1 unspecified atom stereocenters. The van der Waals surface area contributed by atoms with Gasteiger partial charge < -0.3 is 15.3 Å². The zero-order valence-electron chi connectivity index (χ0n) is 10.8. The van der Waals surface area contributed by atoms with Crippen molar-refractivity contribution in [3.8, 4) is 0 Å². The van der Waals surface area contributed by atoms with E-state index in [1.54, 1.807) is 30.0 Å². The Kier molecular flexibility index (Phi) is 4.40. The molecule has 0 aliphatic carbocycles. The predicted molar refractivity (Wildman–Crippen MR) is 77.3 cm³/mol. The summed E-state index contributed by atoms with van der Waals surface area (Å²) in [5.74, 6) is -1.27. The third-order valence-corrected chi connectivity index (χ3v) is 4.20. The largest absolute Gasteiger partial charge is 0.481 e. The SMILES string of the molecule is CC(C(=O)O)C1CN(C(=O)Nc2ccc(Cl)c(Cl)c2)C1. The number of likely N-dealkylation sites (tertiary alicyclic amines) is 1. The van der Waals surface area contributed by atoms with Crippen molar-refractivity contribution in [3.63, 3.8) is 0 Å². The van der Waals surface area contributed by atoms with E-state index in [-0.39, 0.29) is 11.9 Å². The second kappa shape index (κ2) is 5.89. The summed E-state index contributed by atoms with van der Waals surface area (Å²) in [5.41, 5.74) is 0.555. The summed E-state index contributed by atoms with van der Waals surface area (Å²) < 4.78 is 0. The van der Waals surface area contributed by atoms with E-state index < -0.39 is 11.9 Å². The Morgan fingerprint density at radius 3 is 2.55 bits per heavy atom. The molecular formula is C13H14Cl2N2O3. The maximum Gasteiger partial charge on any atom is 0.321 e. The standard InChI is InChI=1S/C13H14Cl2N2O3/c1-7(12(18)19)8-5-17(6-8)13(20)16-9-2-3-10(14)11(15)4-9/h2-4,7-8H,5-6H2,1H3,(H,16,20)(H,18,19). The zero-order valence-corrected chi connectivity index (χ0v) is 12.3. The number of benzene rings is 1. The van der Waals surface area contributed by atoms with E-state index in [4.69, 9.17) is 28.3 Å². The van der Waals surface area contributed by atoms with Gasteiger partial charge in [-0.1, -0.05) is 30.1 Å². The van der Waals surface area contributed by atoms with Crippen molar-refractivity contribution in [2.45, 2.75) is 6.92 Å². The average molecular weight is 317 g/mol. The lowest BCUT2D eigenvalue weighted by Gasteiger charge is -2.41. The molecule has 1 aliphatic heterocycles. The van der Waals surface area contributed by atoms with Gasteiger partial charge in [0, 0.05) is 24.7 Å². The normalized spacial score (nSPS) is 16.4. The molecule has 108 valence electrons. The lowest BCUT2D eigenvalue weighted by atomic mass is 9.87. The van der Waals surface area contributed by atoms with Crippen LogP contribution >= 0.6 is 23.2 Å². The highest BCUT2D eigenvalue weighted by Gasteiger charge is 2.37. The molecule has 1 heterocycles. The van der Waals surface area contributed by atoms with Crippen LogP contribution in [-0.4, -0.2) is 35.1 Å². The number of amides is 2. The minimum absolute atomic E-state index is 0.00653. The molecule has 0 radical (unpaired) electrons. The van der Waals surface area contributed by atoms with Gasteiger partial charge in [0.05, 0.1) is 16.0 Å². The van der Waals surface area contributed by atoms with E-state index in [1.165, 1.54) is 0 Å². The number of nitrogens with one attached hydrogen (secondary N) is 1. The van der Waals surface area contributed by atoms with Crippen LogP contribution < -0.4 is 5.32 Å². The quantitative estimate of drug-likeness (QED) is 0.899. The predicted octanol–water partition coefficient (Wildman–Crippen LogP) is 3.18. The first-order chi connectivity index (χ1) is 9.38. The number of nitrogens with zero attached hydrogens (tertiary/aromatic N) is 1. The molecule has 0 spiro atoms. The third-order valence-electron chi connectivity index (χ3n) is 3.46. The van der Waals surface area contributed by atoms with Gasteiger partial charge in [0.15, 0.2) is 0 Å². The van der Waals surface area contributed by atoms with Crippen molar-refractivity contribution < 1.29 is 14.7 Å². The summed E-state index contributed by atoms with van der Waals surface area (Å²) in [4.78, 5) is 24.3. The second-order valence-corrected chi connectivity index (χ2v) is 5.67. The van der Waals surface area contributed by atoms with Gasteiger partial charge in [0.1, 0.15) is 0 Å². The molecule has 1 aromatic rings. The summed E-state index contributed by atoms with van der Waals surface area (Å²) >= 11 is 11.7. The van der Waals surface area contributed by atoms with Gasteiger partial charge >= 0.3 is 12.0 Å². The van der Waals surface area contributed by atoms with Gasteiger partial charge in [0.25, 0.3) is 0 Å². The number of carboxylic acid groups (broad SMARTS) is 1. The fraction of sp³-hybridized carbons (Fsp3) is 0.385. The number of hydrogen-bond donors (Lipinski definition) is 2. The average Bonchev–Trinajstić information content (AvgIpc) is 2.31. The van der Waals surface area contributed by atoms with E-state index in [9.17, 15) is 9.59 Å². The number of hydrogen-bond acceptors (Lipinski definition) is 2. The topological polar surface area (TPSA) is 69.6 Å². The van der Waals surface area contributed by atoms with Crippen LogP contribution in [-0.2, 0) is 4.79 Å². The first-order valence-corrected chi connectivity index (χ1v) is 6.88. The number of aliphatic carboxylic acids is 1. The summed E-state index contributed by atoms with van der Waals surface area (Å²) in [6.07, 6.45) is 0. The second-order valence-electron chi connectivity index (χ2n) is 4.85. The van der Waals surface area contributed by atoms with Gasteiger partial charge in [-0.3, -0.25) is 4.79 Å². The number of halogens is 2. The molecule has 0 aromatic heterocycles. The van der Waals surface area contributed by atoms with Crippen molar-refractivity contribution in [2.75, 3.05) is 18.4 Å². The van der Waals surface area contributed by atoms with Crippen LogP contribution in [0, 0.1) is 11.8 Å². The molecule has 5 nitrogen and oxygen atoms in total. The van der Waals surface area contributed by atoms with Crippen molar-refractivity contribution in [3.05, 3.63) is 28.2 Å². The highest BCUT2D eigenvalue weighted by molar-refractivity contribution is 6.42. The number of carboxylic acids is 1. The molecule has 1 atom stereocenters. The van der Waals surface area contributed by atoms with E-state index in [0.717, 1.165) is 0 Å². The number of carbonyl (C=O) groups is 2. The van der Waals surface area contributed by atoms with Crippen LogP contribution in [0.5, 0.6) is 0 Å². The zero-order chi connectivity index (χ0) is 14.9. The molecule has 1 aliphatic rings. The first kappa shape index (κ1) is 14.9. The Morgan fingerprint density at radius 1 is 1.35 bits per heavy atom. The summed E-state index contributed by atoms with van der Waals surface area (Å²) in [7, 11) is 0. The van der Waals surface area contributed by atoms with Crippen LogP contribution in [0.15, 0.2) is 18.2 Å². The fourth-order valence-corrected chi connectivity index (χ4v) is 2.27. The number of anilines is 1. The van der Waals surface area contributed by atoms with Crippen molar-refractivity contribution in [2.24, 2.45) is 11.8 Å². The third kappa shape index (κ3) is 3.16. The Hall–Kier alpha value is -1.46. The molecule has 2 N–H and O–H groups in total. The Morgan fingerprint density at radius 2 is 2.00 bits per heavy atom. The smallest absolute Gasteiger partial charge is 0.321 e. The highest BCUT2D eigenvalue weighted by Crippen LogP contribution is 2.27. The monoisotopic (exact) mass is 316 g/mol. The van der Waals surface area contributed by atoms with E-state index >= 15 is 0 Å². The van der Waals surface area contributed by atoms with Crippen LogP contribution in [0.4, 0.5) is 10.5 Å². The van der Waals surface area contributed by atoms with Gasteiger partial charge in [-0.25, -0.2) is 4.79 Å². The van der Waals surface area contributed by atoms with Crippen LogP contribution in [0.1, 0.15) is 6.92 Å². The molecule has 7 heteroatoms.